The summed E-state index contributed by atoms with van der Waals surface area (Å²) in [6, 6.07) is 0. The highest BCUT2D eigenvalue weighted by Crippen LogP contribution is 2.22. The van der Waals surface area contributed by atoms with Gasteiger partial charge in [0.15, 0.2) is 0 Å². The van der Waals surface area contributed by atoms with E-state index < -0.39 is 0 Å². The summed E-state index contributed by atoms with van der Waals surface area (Å²) >= 11 is 3.31. The molecule has 0 heterocycles. The summed E-state index contributed by atoms with van der Waals surface area (Å²) in [4.78, 5) is 13.5. The molecule has 0 aliphatic heterocycles. The Hall–Kier alpha value is -0.0500. The number of nitrogens with zero attached hydrogens (tertiary/aromatic N) is 1. The van der Waals surface area contributed by atoms with E-state index in [1.807, 2.05) is 27.8 Å². The van der Waals surface area contributed by atoms with Crippen molar-refractivity contribution in [1.82, 2.24) is 4.90 Å². The summed E-state index contributed by atoms with van der Waals surface area (Å²) in [7, 11) is 1.85. The first-order valence-electron chi connectivity index (χ1n) is 4.27. The molecule has 0 aliphatic rings. The second-order valence-electron chi connectivity index (χ2n) is 3.65. The fourth-order valence-electron chi connectivity index (χ4n) is 0.896. The summed E-state index contributed by atoms with van der Waals surface area (Å²) in [5.41, 5.74) is -0.211. The molecule has 0 radical (unpaired) electrons. The third-order valence-electron chi connectivity index (χ3n) is 2.23. The second kappa shape index (κ2) is 4.85. The maximum Gasteiger partial charge on any atom is 0.227 e. The van der Waals surface area contributed by atoms with Crippen LogP contribution in [0.2, 0.25) is 0 Å². The van der Waals surface area contributed by atoms with E-state index in [0.29, 0.717) is 0 Å². The summed E-state index contributed by atoms with van der Waals surface area (Å²) in [6.45, 7) is 6.79. The van der Waals surface area contributed by atoms with Gasteiger partial charge < -0.3 is 4.90 Å². The number of halogens is 1. The Morgan fingerprint density at radius 2 is 2.00 bits per heavy atom. The lowest BCUT2D eigenvalue weighted by atomic mass is 9.89. The summed E-state index contributed by atoms with van der Waals surface area (Å²) in [5, 5.41) is 0.842. The van der Waals surface area contributed by atoms with Crippen LogP contribution in [0.15, 0.2) is 0 Å². The summed E-state index contributed by atoms with van der Waals surface area (Å²) < 4.78 is 0. The molecule has 2 nitrogen and oxygen atoms in total. The summed E-state index contributed by atoms with van der Waals surface area (Å²) in [5.74, 6) is 0.226. The van der Waals surface area contributed by atoms with Crippen molar-refractivity contribution in [2.24, 2.45) is 5.41 Å². The largest absolute Gasteiger partial charge is 0.344 e. The number of amides is 1. The quantitative estimate of drug-likeness (QED) is 0.686. The highest BCUT2D eigenvalue weighted by atomic mass is 79.9. The van der Waals surface area contributed by atoms with Crippen molar-refractivity contribution in [2.75, 3.05) is 18.9 Å². The fourth-order valence-corrected chi connectivity index (χ4v) is 1.43. The van der Waals surface area contributed by atoms with Gasteiger partial charge in [0.05, 0.1) is 0 Å². The number of rotatable bonds is 4. The van der Waals surface area contributed by atoms with Gasteiger partial charge in [-0.15, -0.1) is 0 Å². The van der Waals surface area contributed by atoms with Crippen LogP contribution in [0.5, 0.6) is 0 Å². The molecule has 0 aromatic carbocycles. The van der Waals surface area contributed by atoms with Gasteiger partial charge in [-0.1, -0.05) is 36.7 Å². The second-order valence-corrected chi connectivity index (χ2v) is 4.45. The molecule has 0 N–H and O–H groups in total. The van der Waals surface area contributed by atoms with Gasteiger partial charge in [-0.05, 0) is 6.42 Å². The number of hydrogen-bond acceptors (Lipinski definition) is 1. The molecule has 0 saturated heterocycles. The van der Waals surface area contributed by atoms with Crippen LogP contribution >= 0.6 is 15.9 Å². The van der Waals surface area contributed by atoms with Crippen molar-refractivity contribution >= 4 is 21.8 Å². The SMILES string of the molecule is CCC(C)(C)C(=O)N(C)CCBr. The third-order valence-corrected chi connectivity index (χ3v) is 2.58. The molecular formula is C9H18BrNO. The van der Waals surface area contributed by atoms with E-state index in [1.165, 1.54) is 0 Å². The average Bonchev–Trinajstić information content (AvgIpc) is 2.03. The fraction of sp³-hybridized carbons (Fsp3) is 0.889. The Kier molecular flexibility index (Phi) is 4.83. The first-order valence-corrected chi connectivity index (χ1v) is 5.39. The van der Waals surface area contributed by atoms with Crippen LogP contribution in [-0.2, 0) is 4.79 Å². The molecule has 3 heteroatoms. The van der Waals surface area contributed by atoms with E-state index in [1.54, 1.807) is 4.90 Å². The third kappa shape index (κ3) is 3.13. The van der Waals surface area contributed by atoms with Crippen LogP contribution < -0.4 is 0 Å². The topological polar surface area (TPSA) is 20.3 Å². The summed E-state index contributed by atoms with van der Waals surface area (Å²) in [6.07, 6.45) is 0.887. The Balaban J connectivity index is 4.18. The van der Waals surface area contributed by atoms with Crippen molar-refractivity contribution in [3.05, 3.63) is 0 Å². The normalized spacial score (nSPS) is 11.4. The van der Waals surface area contributed by atoms with Gasteiger partial charge in [0.1, 0.15) is 0 Å². The van der Waals surface area contributed by atoms with Crippen LogP contribution in [0, 0.1) is 5.41 Å². The molecule has 0 aromatic rings. The first-order chi connectivity index (χ1) is 5.45. The highest BCUT2D eigenvalue weighted by molar-refractivity contribution is 9.09. The Morgan fingerprint density at radius 1 is 1.50 bits per heavy atom. The van der Waals surface area contributed by atoms with Crippen LogP contribution in [0.3, 0.4) is 0 Å². The van der Waals surface area contributed by atoms with E-state index in [9.17, 15) is 4.79 Å². The standard InChI is InChI=1S/C9H18BrNO/c1-5-9(2,3)8(12)11(4)7-6-10/h5-7H2,1-4H3. The monoisotopic (exact) mass is 235 g/mol. The lowest BCUT2D eigenvalue weighted by molar-refractivity contribution is -0.138. The van der Waals surface area contributed by atoms with Crippen molar-refractivity contribution in [3.8, 4) is 0 Å². The molecule has 72 valence electrons. The molecule has 0 rings (SSSR count). The molecule has 0 bridgehead atoms. The molecule has 0 fully saturated rings. The molecular weight excluding hydrogens is 218 g/mol. The molecule has 12 heavy (non-hydrogen) atoms. The Labute approximate surface area is 83.4 Å². The van der Waals surface area contributed by atoms with Crippen molar-refractivity contribution in [1.29, 1.82) is 0 Å². The van der Waals surface area contributed by atoms with Gasteiger partial charge in [0, 0.05) is 24.3 Å². The minimum Gasteiger partial charge on any atom is -0.344 e. The molecule has 0 spiro atoms. The van der Waals surface area contributed by atoms with Crippen LogP contribution in [0.4, 0.5) is 0 Å². The van der Waals surface area contributed by atoms with E-state index in [4.69, 9.17) is 0 Å². The van der Waals surface area contributed by atoms with Crippen molar-refractivity contribution < 1.29 is 4.79 Å². The van der Waals surface area contributed by atoms with E-state index in [-0.39, 0.29) is 11.3 Å². The highest BCUT2D eigenvalue weighted by Gasteiger charge is 2.27. The maximum absolute atomic E-state index is 11.7. The minimum absolute atomic E-state index is 0.211. The van der Waals surface area contributed by atoms with Gasteiger partial charge in [-0.3, -0.25) is 4.79 Å². The zero-order chi connectivity index (χ0) is 9.78. The number of alkyl halides is 1. The number of carbonyl (C=O) groups excluding carboxylic acids is 1. The van der Waals surface area contributed by atoms with Gasteiger partial charge in [0.25, 0.3) is 0 Å². The molecule has 0 aliphatic carbocycles. The average molecular weight is 236 g/mol. The lowest BCUT2D eigenvalue weighted by Gasteiger charge is -2.27. The first kappa shape index (κ1) is 11.9. The minimum atomic E-state index is -0.211. The number of hydrogen-bond donors (Lipinski definition) is 0. The van der Waals surface area contributed by atoms with E-state index >= 15 is 0 Å². The van der Waals surface area contributed by atoms with Gasteiger partial charge in [-0.2, -0.15) is 0 Å². The van der Waals surface area contributed by atoms with Crippen molar-refractivity contribution in [2.45, 2.75) is 27.2 Å². The van der Waals surface area contributed by atoms with Crippen LogP contribution in [-0.4, -0.2) is 29.7 Å². The Morgan fingerprint density at radius 3 is 2.33 bits per heavy atom. The zero-order valence-corrected chi connectivity index (χ0v) is 9.94. The molecule has 0 atom stereocenters. The zero-order valence-electron chi connectivity index (χ0n) is 8.35. The predicted octanol–water partition coefficient (Wildman–Crippen LogP) is 2.28. The smallest absolute Gasteiger partial charge is 0.227 e. The van der Waals surface area contributed by atoms with Crippen molar-refractivity contribution in [3.63, 3.8) is 0 Å². The van der Waals surface area contributed by atoms with Crippen LogP contribution in [0.1, 0.15) is 27.2 Å². The van der Waals surface area contributed by atoms with Gasteiger partial charge >= 0.3 is 0 Å². The number of carbonyl (C=O) groups is 1. The molecule has 1 amide bonds. The maximum atomic E-state index is 11.7. The van der Waals surface area contributed by atoms with E-state index in [2.05, 4.69) is 15.9 Å². The van der Waals surface area contributed by atoms with E-state index in [0.717, 1.165) is 18.3 Å². The van der Waals surface area contributed by atoms with Gasteiger partial charge in [-0.25, -0.2) is 0 Å². The molecule has 0 unspecified atom stereocenters. The molecule has 0 saturated carbocycles. The van der Waals surface area contributed by atoms with Crippen LogP contribution in [0.25, 0.3) is 0 Å². The Bertz CT molecular complexity index is 157. The van der Waals surface area contributed by atoms with Gasteiger partial charge in [0.2, 0.25) is 5.91 Å². The predicted molar refractivity (Wildman–Crippen MR) is 55.5 cm³/mol. The lowest BCUT2D eigenvalue weighted by Crippen LogP contribution is -2.38. The molecule has 0 aromatic heterocycles.